The second-order valence-electron chi connectivity index (χ2n) is 5.24. The van der Waals surface area contributed by atoms with Crippen molar-refractivity contribution >= 4 is 21.6 Å². The van der Waals surface area contributed by atoms with Gasteiger partial charge in [0, 0.05) is 12.2 Å². The van der Waals surface area contributed by atoms with Gasteiger partial charge in [-0.15, -0.1) is 0 Å². The summed E-state index contributed by atoms with van der Waals surface area (Å²) < 4.78 is 24.8. The molecule has 0 radical (unpaired) electrons. The lowest BCUT2D eigenvalue weighted by molar-refractivity contribution is -0.120. The van der Waals surface area contributed by atoms with Gasteiger partial charge in [0.1, 0.15) is 6.04 Å². The van der Waals surface area contributed by atoms with Crippen LogP contribution >= 0.6 is 0 Å². The minimum Gasteiger partial charge on any atom is -0.325 e. The van der Waals surface area contributed by atoms with E-state index in [4.69, 9.17) is 0 Å². The molecule has 1 aliphatic rings. The van der Waals surface area contributed by atoms with Crippen LogP contribution in [0.2, 0.25) is 0 Å². The molecule has 6 heteroatoms. The first-order valence-electron chi connectivity index (χ1n) is 6.72. The molecule has 1 aromatic rings. The Kier molecular flexibility index (Phi) is 4.45. The average molecular weight is 296 g/mol. The third kappa shape index (κ3) is 3.58. The van der Waals surface area contributed by atoms with E-state index in [-0.39, 0.29) is 5.91 Å². The SMILES string of the molecule is Cc1ccc(NC(=O)[C@@H]2CCCCN2S(C)(=O)=O)cc1. The van der Waals surface area contributed by atoms with Gasteiger partial charge in [-0.3, -0.25) is 4.79 Å². The highest BCUT2D eigenvalue weighted by molar-refractivity contribution is 7.88. The molecule has 1 heterocycles. The Bertz CT molecular complexity index is 581. The molecule has 0 aliphatic carbocycles. The average Bonchev–Trinajstić information content (AvgIpc) is 2.40. The van der Waals surface area contributed by atoms with E-state index >= 15 is 0 Å². The van der Waals surface area contributed by atoms with Crippen LogP contribution in [0, 0.1) is 6.92 Å². The number of carbonyl (C=O) groups excluding carboxylic acids is 1. The van der Waals surface area contributed by atoms with Crippen LogP contribution < -0.4 is 5.32 Å². The van der Waals surface area contributed by atoms with Crippen molar-refractivity contribution in [3.8, 4) is 0 Å². The minimum atomic E-state index is -3.35. The summed E-state index contributed by atoms with van der Waals surface area (Å²) in [6, 6.07) is 6.86. The fourth-order valence-electron chi connectivity index (χ4n) is 2.43. The molecule has 1 atom stereocenters. The summed E-state index contributed by atoms with van der Waals surface area (Å²) >= 11 is 0. The van der Waals surface area contributed by atoms with Crippen LogP contribution in [0.4, 0.5) is 5.69 Å². The van der Waals surface area contributed by atoms with Gasteiger partial charge in [0.05, 0.1) is 6.26 Å². The van der Waals surface area contributed by atoms with E-state index < -0.39 is 16.1 Å². The lowest BCUT2D eigenvalue weighted by Gasteiger charge is -2.32. The van der Waals surface area contributed by atoms with Crippen LogP contribution in [0.5, 0.6) is 0 Å². The number of anilines is 1. The zero-order valence-electron chi connectivity index (χ0n) is 11.8. The molecule has 110 valence electrons. The molecule has 1 N–H and O–H groups in total. The van der Waals surface area contributed by atoms with E-state index in [2.05, 4.69) is 5.32 Å². The number of aryl methyl sites for hydroxylation is 1. The predicted molar refractivity (Wildman–Crippen MR) is 79.0 cm³/mol. The summed E-state index contributed by atoms with van der Waals surface area (Å²) in [6.07, 6.45) is 3.41. The quantitative estimate of drug-likeness (QED) is 0.924. The molecular formula is C14H20N2O3S. The predicted octanol–water partition coefficient (Wildman–Crippen LogP) is 1.75. The van der Waals surface area contributed by atoms with Gasteiger partial charge in [0.2, 0.25) is 15.9 Å². The largest absolute Gasteiger partial charge is 0.325 e. The summed E-state index contributed by atoms with van der Waals surface area (Å²) in [6.45, 7) is 2.39. The normalized spacial score (nSPS) is 20.6. The van der Waals surface area contributed by atoms with Crippen LogP contribution in [0.3, 0.4) is 0 Å². The smallest absolute Gasteiger partial charge is 0.242 e. The Balaban J connectivity index is 2.12. The molecule has 0 unspecified atom stereocenters. The van der Waals surface area contributed by atoms with Crippen molar-refractivity contribution in [3.63, 3.8) is 0 Å². The van der Waals surface area contributed by atoms with Crippen molar-refractivity contribution in [2.75, 3.05) is 18.1 Å². The van der Waals surface area contributed by atoms with Crippen LogP contribution in [0.25, 0.3) is 0 Å². The van der Waals surface area contributed by atoms with Crippen molar-refractivity contribution in [2.45, 2.75) is 32.2 Å². The third-order valence-electron chi connectivity index (χ3n) is 3.50. The molecular weight excluding hydrogens is 276 g/mol. The van der Waals surface area contributed by atoms with Crippen molar-refractivity contribution in [2.24, 2.45) is 0 Å². The molecule has 1 amide bonds. The molecule has 5 nitrogen and oxygen atoms in total. The van der Waals surface area contributed by atoms with Gasteiger partial charge in [-0.05, 0) is 31.9 Å². The number of hydrogen-bond acceptors (Lipinski definition) is 3. The molecule has 0 bridgehead atoms. The number of amides is 1. The number of hydrogen-bond donors (Lipinski definition) is 1. The number of sulfonamides is 1. The first kappa shape index (κ1) is 15.0. The van der Waals surface area contributed by atoms with Gasteiger partial charge in [-0.1, -0.05) is 24.1 Å². The summed E-state index contributed by atoms with van der Waals surface area (Å²) in [7, 11) is -3.35. The molecule has 1 fully saturated rings. The maximum absolute atomic E-state index is 12.3. The Morgan fingerprint density at radius 3 is 2.50 bits per heavy atom. The first-order valence-corrected chi connectivity index (χ1v) is 8.57. The van der Waals surface area contributed by atoms with Crippen molar-refractivity contribution < 1.29 is 13.2 Å². The van der Waals surface area contributed by atoms with E-state index in [1.807, 2.05) is 31.2 Å². The Hall–Kier alpha value is -1.40. The van der Waals surface area contributed by atoms with E-state index in [0.29, 0.717) is 18.7 Å². The number of rotatable bonds is 3. The highest BCUT2D eigenvalue weighted by atomic mass is 32.2. The summed E-state index contributed by atoms with van der Waals surface area (Å²) in [5.41, 5.74) is 1.80. The molecule has 0 saturated carbocycles. The van der Waals surface area contributed by atoms with Gasteiger partial charge < -0.3 is 5.32 Å². The summed E-state index contributed by atoms with van der Waals surface area (Å²) in [5, 5.41) is 2.80. The third-order valence-corrected chi connectivity index (χ3v) is 4.79. The number of carbonyl (C=O) groups is 1. The van der Waals surface area contributed by atoms with Crippen molar-refractivity contribution in [3.05, 3.63) is 29.8 Å². The minimum absolute atomic E-state index is 0.251. The monoisotopic (exact) mass is 296 g/mol. The van der Waals surface area contributed by atoms with Gasteiger partial charge >= 0.3 is 0 Å². The van der Waals surface area contributed by atoms with Gasteiger partial charge in [-0.25, -0.2) is 8.42 Å². The lowest BCUT2D eigenvalue weighted by atomic mass is 10.0. The number of nitrogens with one attached hydrogen (secondary N) is 1. The van der Waals surface area contributed by atoms with Crippen LogP contribution in [0.1, 0.15) is 24.8 Å². The number of benzene rings is 1. The van der Waals surface area contributed by atoms with E-state index in [9.17, 15) is 13.2 Å². The van der Waals surface area contributed by atoms with Gasteiger partial charge in [0.15, 0.2) is 0 Å². The fraction of sp³-hybridized carbons (Fsp3) is 0.500. The zero-order valence-corrected chi connectivity index (χ0v) is 12.6. The second-order valence-corrected chi connectivity index (χ2v) is 7.18. The Labute approximate surface area is 120 Å². The summed E-state index contributed by atoms with van der Waals surface area (Å²) in [5.74, 6) is -0.251. The maximum Gasteiger partial charge on any atom is 0.242 e. The Morgan fingerprint density at radius 2 is 1.90 bits per heavy atom. The first-order chi connectivity index (χ1) is 9.38. The van der Waals surface area contributed by atoms with Gasteiger partial charge in [-0.2, -0.15) is 4.31 Å². The summed E-state index contributed by atoms with van der Waals surface area (Å²) in [4.78, 5) is 12.3. The van der Waals surface area contributed by atoms with Crippen LogP contribution in [-0.2, 0) is 14.8 Å². The van der Waals surface area contributed by atoms with Crippen molar-refractivity contribution in [1.82, 2.24) is 4.31 Å². The fourth-order valence-corrected chi connectivity index (χ4v) is 3.55. The molecule has 1 aliphatic heterocycles. The molecule has 1 saturated heterocycles. The van der Waals surface area contributed by atoms with Gasteiger partial charge in [0.25, 0.3) is 0 Å². The molecule has 20 heavy (non-hydrogen) atoms. The molecule has 2 rings (SSSR count). The molecule has 0 aromatic heterocycles. The highest BCUT2D eigenvalue weighted by Gasteiger charge is 2.34. The van der Waals surface area contributed by atoms with E-state index in [1.54, 1.807) is 0 Å². The molecule has 1 aromatic carbocycles. The standard InChI is InChI=1S/C14H20N2O3S/c1-11-6-8-12(9-7-11)15-14(17)13-5-3-4-10-16(13)20(2,18)19/h6-9,13H,3-5,10H2,1-2H3,(H,15,17)/t13-/m0/s1. The van der Waals surface area contributed by atoms with Crippen molar-refractivity contribution in [1.29, 1.82) is 0 Å². The molecule has 0 spiro atoms. The number of piperidine rings is 1. The lowest BCUT2D eigenvalue weighted by Crippen LogP contribution is -2.49. The second kappa shape index (κ2) is 5.93. The topological polar surface area (TPSA) is 66.5 Å². The van der Waals surface area contributed by atoms with Crippen LogP contribution in [0.15, 0.2) is 24.3 Å². The van der Waals surface area contributed by atoms with E-state index in [1.165, 1.54) is 4.31 Å². The number of nitrogens with zero attached hydrogens (tertiary/aromatic N) is 1. The maximum atomic E-state index is 12.3. The Morgan fingerprint density at radius 1 is 1.25 bits per heavy atom. The van der Waals surface area contributed by atoms with E-state index in [0.717, 1.165) is 24.7 Å². The highest BCUT2D eigenvalue weighted by Crippen LogP contribution is 2.21. The zero-order chi connectivity index (χ0) is 14.8. The van der Waals surface area contributed by atoms with Crippen LogP contribution in [-0.4, -0.2) is 37.5 Å².